The van der Waals surface area contributed by atoms with E-state index in [0.717, 1.165) is 12.1 Å². The van der Waals surface area contributed by atoms with Crippen molar-refractivity contribution in [2.75, 3.05) is 46.2 Å². The van der Waals surface area contributed by atoms with Crippen molar-refractivity contribution in [3.63, 3.8) is 0 Å². The molecule has 0 aliphatic carbocycles. The minimum Gasteiger partial charge on any atom is -0.394 e. The summed E-state index contributed by atoms with van der Waals surface area (Å²) in [7, 11) is 0. The van der Waals surface area contributed by atoms with E-state index in [2.05, 4.69) is 10.3 Å². The molecule has 35 atom stereocenters. The van der Waals surface area contributed by atoms with Crippen molar-refractivity contribution < 1.29 is 183 Å². The predicted octanol–water partition coefficient (Wildman–Crippen LogP) is -11.3. The van der Waals surface area contributed by atoms with Crippen LogP contribution in [0.2, 0.25) is 0 Å². The molecule has 0 spiro atoms. The van der Waals surface area contributed by atoms with Crippen LogP contribution in [0.3, 0.4) is 0 Å². The Morgan fingerprint density at radius 2 is 0.686 bits per heavy atom. The van der Waals surface area contributed by atoms with Gasteiger partial charge in [0.2, 0.25) is 5.78 Å². The van der Waals surface area contributed by atoms with E-state index < -0.39 is 278 Å². The zero-order valence-corrected chi connectivity index (χ0v) is 54.7. The fraction of sp³-hybridized carbons (Fsp3) is 0.667. The van der Waals surface area contributed by atoms with E-state index in [4.69, 9.17) is 66.3 Å². The molecule has 1 aromatic carbocycles. The minimum atomic E-state index is -2.38. The molecule has 0 radical (unpaired) electrons. The van der Waals surface area contributed by atoms with Crippen LogP contribution < -0.4 is 5.32 Å². The number of hydrogen-bond donors (Lipinski definition) is 21. The fourth-order valence-electron chi connectivity index (χ4n) is 13.9. The first-order valence-electron chi connectivity index (χ1n) is 33.2. The van der Waals surface area contributed by atoms with Gasteiger partial charge in [-0.1, -0.05) is 0 Å². The Bertz CT molecular complexity index is 3560. The molecule has 21 aliphatic rings. The van der Waals surface area contributed by atoms with Gasteiger partial charge < -0.3 is 178 Å². The molecular formula is C63H82N4O38. The smallest absolute Gasteiger partial charge is 0.269 e. The number of ketones is 1. The highest BCUT2D eigenvalue weighted by Crippen LogP contribution is 2.40. The summed E-state index contributed by atoms with van der Waals surface area (Å²) in [5.74, 6) is -1.69. The van der Waals surface area contributed by atoms with Crippen LogP contribution in [0.5, 0.6) is 0 Å². The first-order valence-corrected chi connectivity index (χ1v) is 33.2. The number of nitro groups is 1. The number of nitrogens with zero attached hydrogens (tertiary/aromatic N) is 3. The molecule has 24 heterocycles. The molecule has 21 N–H and O–H groups in total. The third-order valence-corrected chi connectivity index (χ3v) is 19.7. The Morgan fingerprint density at radius 3 is 0.981 bits per heavy atom. The molecular weight excluding hydrogens is 1420 g/mol. The van der Waals surface area contributed by atoms with Gasteiger partial charge in [0.1, 0.15) is 171 Å². The van der Waals surface area contributed by atoms with Gasteiger partial charge in [-0.25, -0.2) is 0 Å². The number of pyridine rings is 2. The number of aromatic nitrogens is 2. The van der Waals surface area contributed by atoms with Crippen molar-refractivity contribution in [2.45, 2.75) is 215 Å². The van der Waals surface area contributed by atoms with Gasteiger partial charge in [0.05, 0.1) is 61.3 Å². The second-order valence-electron chi connectivity index (χ2n) is 26.2. The molecule has 21 fully saturated rings. The summed E-state index contributed by atoms with van der Waals surface area (Å²) >= 11 is 0. The van der Waals surface area contributed by atoms with Crippen LogP contribution in [0.25, 0.3) is 16.6 Å². The van der Waals surface area contributed by atoms with Crippen LogP contribution in [0.15, 0.2) is 73.2 Å². The van der Waals surface area contributed by atoms with Crippen molar-refractivity contribution in [3.8, 4) is 11.1 Å². The lowest BCUT2D eigenvalue weighted by Gasteiger charge is -2.50. The lowest BCUT2D eigenvalue weighted by Crippen LogP contribution is -2.68. The Kier molecular flexibility index (Phi) is 25.0. The maximum atomic E-state index is 14.9. The molecule has 0 unspecified atom stereocenters. The molecule has 21 aliphatic heterocycles. The second-order valence-corrected chi connectivity index (χ2v) is 26.2. The van der Waals surface area contributed by atoms with Gasteiger partial charge in [-0.15, -0.1) is 0 Å². The van der Waals surface area contributed by atoms with E-state index in [9.17, 15) is 122 Å². The maximum absolute atomic E-state index is 14.9. The monoisotopic (exact) mass is 1500 g/mol. The van der Waals surface area contributed by atoms with Crippen molar-refractivity contribution >= 4 is 22.9 Å². The first-order chi connectivity index (χ1) is 50.2. The average Bonchev–Trinajstić information content (AvgIpc) is 1.47. The number of nitrogens with one attached hydrogen (secondary N) is 1. The van der Waals surface area contributed by atoms with Gasteiger partial charge in [0.15, 0.2) is 44.0 Å². The number of nitro benzene ring substituents is 1. The molecule has 4 aromatic rings. The topological polar surface area (TPSA) is 640 Å². The SMILES string of the molecule is O=C(NC[C@H]1O[C@@H]2O[C@H]3[C@H](O)[C@@H](O)[C@@H](O[C@H]4[C@H](O)[C@@H](O)[C@@H](O[C@H]5[C@H](O)[C@@H](O)[C@@H](O[C@H]6[C@H](O)[C@@H](O)[C@@H](O[C@H]7[C@H](O)[C@@H](O)[C@@H](O[C@H]8[C@H](O)[C@@H](O)[C@@H](O[C@H]1[C@H](O)[C@H]2O)O[C@@H]8CO)O[C@@H]7CO)O[C@@H]6CO)O[C@@H]5CO)O[C@@H]4CO)O[C@@H]3CO)c1cc(C(=O)c2ccc([N+](=O)[O-])cc2)n2ccc(-c3ccncc3)cc12. The molecule has 21 saturated heterocycles. The molecule has 42 heteroatoms. The number of hydrogen-bond acceptors (Lipinski definition) is 39. The number of carbonyl (C=O) groups is 2. The molecule has 1 amide bonds. The lowest BCUT2D eigenvalue weighted by atomic mass is 9.95. The number of fused-ring (bicyclic) bond motifs is 1. The summed E-state index contributed by atoms with van der Waals surface area (Å²) in [4.78, 5) is 44.0. The Morgan fingerprint density at radius 1 is 0.390 bits per heavy atom. The summed E-state index contributed by atoms with van der Waals surface area (Å²) in [5, 5.41) is 241. The fourth-order valence-corrected chi connectivity index (χ4v) is 13.9. The zero-order chi connectivity index (χ0) is 75.3. The van der Waals surface area contributed by atoms with E-state index in [1.165, 1.54) is 41.2 Å². The van der Waals surface area contributed by atoms with Gasteiger partial charge in [0.25, 0.3) is 11.6 Å². The first kappa shape index (κ1) is 78.9. The van der Waals surface area contributed by atoms with Crippen LogP contribution in [-0.2, 0) is 66.3 Å². The van der Waals surface area contributed by atoms with E-state index in [-0.39, 0.29) is 28.0 Å². The average molecular weight is 1500 g/mol. The van der Waals surface area contributed by atoms with E-state index in [0.29, 0.717) is 11.1 Å². The van der Waals surface area contributed by atoms with Crippen LogP contribution in [0.4, 0.5) is 5.69 Å². The largest absolute Gasteiger partial charge is 0.394 e. The molecule has 105 heavy (non-hydrogen) atoms. The molecule has 42 nitrogen and oxygen atoms in total. The standard InChI is InChI=1S/C63H82N4O38/c68-14-28-50-37(77)44(84)59(94-28)102-52-30(16-70)96-61(46(86)39(52)79)104-54-32(18-72)98-63(48(88)41(54)81)105-55-33(19-73)97-62(47(87)40(55)80)103-53-31(17-71)95-60(45(85)38(53)78)101-51-29(15-69)93-58(43(83)36(51)76)99-49-27(92-57(100-50)42(82)35(49)75)13-65-56(89)24-12-26(34(74)21-1-3-23(4-2-21)67(90)91)66-10-7-22(11-25(24)66)20-5-8-64-9-6-20/h1-12,27-33,35-55,57-63,68-73,75-88H,13-19H2,(H,65,89)/t27-,28-,29-,30-,31-,32-,33-,35-,36-,37-,38-,39-,40-,41-,42-,43-,44-,45-,46-,47-,48-,49-,50-,51-,52-,53-,54-,55-,57-,58-,59-,60-,61-,62-,63-/m1/s1. The minimum absolute atomic E-state index is 0.0253. The number of rotatable bonds is 13. The number of amides is 1. The van der Waals surface area contributed by atoms with Crippen molar-refractivity contribution in [3.05, 3.63) is 100 Å². The van der Waals surface area contributed by atoms with Gasteiger partial charge in [-0.05, 0) is 53.6 Å². The van der Waals surface area contributed by atoms with Crippen LogP contribution in [0, 0.1) is 10.1 Å². The highest BCUT2D eigenvalue weighted by molar-refractivity contribution is 6.12. The Hall–Kier alpha value is -5.69. The van der Waals surface area contributed by atoms with E-state index in [1.54, 1.807) is 24.3 Å². The Balaban J connectivity index is 0.863. The Labute approximate surface area is 591 Å². The van der Waals surface area contributed by atoms with Crippen molar-refractivity contribution in [1.29, 1.82) is 0 Å². The molecule has 3 aromatic heterocycles. The quantitative estimate of drug-likeness (QED) is 0.0336. The molecule has 0 saturated carbocycles. The number of ether oxygens (including phenoxy) is 14. The van der Waals surface area contributed by atoms with Crippen molar-refractivity contribution in [2.24, 2.45) is 0 Å². The highest BCUT2D eigenvalue weighted by atomic mass is 16.8. The highest BCUT2D eigenvalue weighted by Gasteiger charge is 2.60. The summed E-state index contributed by atoms with van der Waals surface area (Å²) in [6, 6.07) is 12.3. The van der Waals surface area contributed by atoms with Gasteiger partial charge >= 0.3 is 0 Å². The second kappa shape index (κ2) is 33.3. The number of benzene rings is 1. The summed E-state index contributed by atoms with van der Waals surface area (Å²) in [5.41, 5.74) is 0.541. The third kappa shape index (κ3) is 15.5. The molecule has 14 bridgehead atoms. The third-order valence-electron chi connectivity index (χ3n) is 19.7. The number of carbonyl (C=O) groups excluding carboxylic acids is 2. The van der Waals surface area contributed by atoms with E-state index >= 15 is 0 Å². The normalized spacial score (nSPS) is 43.6. The summed E-state index contributed by atoms with van der Waals surface area (Å²) < 4.78 is 83.3. The van der Waals surface area contributed by atoms with Crippen LogP contribution >= 0.6 is 0 Å². The van der Waals surface area contributed by atoms with Crippen molar-refractivity contribution in [1.82, 2.24) is 14.7 Å². The van der Waals surface area contributed by atoms with E-state index in [1.807, 2.05) is 0 Å². The summed E-state index contributed by atoms with van der Waals surface area (Å²) in [6.07, 6.45) is -69.4. The molecule has 25 rings (SSSR count). The van der Waals surface area contributed by atoms with Gasteiger partial charge in [0, 0.05) is 42.8 Å². The maximum Gasteiger partial charge on any atom is 0.269 e. The van der Waals surface area contributed by atoms with Gasteiger partial charge in [-0.2, -0.15) is 0 Å². The molecule has 582 valence electrons. The zero-order valence-electron chi connectivity index (χ0n) is 54.7. The van der Waals surface area contributed by atoms with Gasteiger partial charge in [-0.3, -0.25) is 24.7 Å². The van der Waals surface area contributed by atoms with Crippen LogP contribution in [-0.4, -0.2) is 389 Å². The predicted molar refractivity (Wildman–Crippen MR) is 331 cm³/mol. The van der Waals surface area contributed by atoms with Crippen LogP contribution in [0.1, 0.15) is 26.4 Å². The number of aliphatic hydroxyl groups is 20. The number of aliphatic hydroxyl groups excluding tert-OH is 20. The number of non-ortho nitro benzene ring substituents is 1. The lowest BCUT2D eigenvalue weighted by molar-refractivity contribution is -0.396. The summed E-state index contributed by atoms with van der Waals surface area (Å²) in [6.45, 7) is -7.52.